The Kier molecular flexibility index (Phi) is 10.6. The fraction of sp³-hybridized carbons (Fsp3) is 0.488. The van der Waals surface area contributed by atoms with Gasteiger partial charge in [-0.15, -0.1) is 0 Å². The fourth-order valence-corrected chi connectivity index (χ4v) is 8.44. The standard InChI is InChI=1S/C43H47NO14/c1-41(2)50-22-27(54-41)29-32(56-42(3,4)55-29)34-33(57-43(5,6)58-34)30-28(44-36(45)25-20-14-15-21-26(25)37(44)46)31(51-38(47)23-16-10-8-11-17-23)35(40(49-7)53-30)52-39(48)24-18-12-9-13-19-24/h8-21,27-35,40H,22H2,1-7H3/t27-,28-,29-,30+,31+,32+,33-,34+,35-,40-/m1/s1. The molecule has 15 nitrogen and oxygen atoms in total. The third kappa shape index (κ3) is 7.57. The normalized spacial score (nSPS) is 33.5. The van der Waals surface area contributed by atoms with Crippen molar-refractivity contribution >= 4 is 23.8 Å². The predicted octanol–water partition coefficient (Wildman–Crippen LogP) is 4.67. The quantitative estimate of drug-likeness (QED) is 0.217. The highest BCUT2D eigenvalue weighted by Gasteiger charge is 2.65. The maximum absolute atomic E-state index is 14.5. The molecule has 3 aromatic carbocycles. The molecule has 5 aliphatic heterocycles. The van der Waals surface area contributed by atoms with Crippen LogP contribution in [0.15, 0.2) is 84.9 Å². The smallest absolute Gasteiger partial charge is 0.338 e. The highest BCUT2D eigenvalue weighted by molar-refractivity contribution is 6.21. The van der Waals surface area contributed by atoms with Gasteiger partial charge in [-0.2, -0.15) is 0 Å². The van der Waals surface area contributed by atoms with E-state index in [1.165, 1.54) is 19.2 Å². The van der Waals surface area contributed by atoms with Gasteiger partial charge in [-0.05, 0) is 77.9 Å². The van der Waals surface area contributed by atoms with Gasteiger partial charge in [0.1, 0.15) is 42.7 Å². The Hall–Kier alpha value is -4.58. The summed E-state index contributed by atoms with van der Waals surface area (Å²) in [5.74, 6) is -6.27. The number of hydrogen-bond donors (Lipinski definition) is 0. The largest absolute Gasteiger partial charge is 0.452 e. The summed E-state index contributed by atoms with van der Waals surface area (Å²) in [6, 6.07) is 21.2. The molecule has 0 aromatic heterocycles. The summed E-state index contributed by atoms with van der Waals surface area (Å²) in [6.45, 7) is 10.7. The summed E-state index contributed by atoms with van der Waals surface area (Å²) in [5.41, 5.74) is 0.604. The Balaban J connectivity index is 1.26. The number of amides is 2. The minimum atomic E-state index is -1.58. The molecule has 10 atom stereocenters. The number of rotatable bonds is 9. The van der Waals surface area contributed by atoms with Gasteiger partial charge in [-0.3, -0.25) is 14.5 Å². The molecule has 0 saturated carbocycles. The third-order valence-corrected chi connectivity index (χ3v) is 10.8. The zero-order valence-electron chi connectivity index (χ0n) is 33.2. The minimum absolute atomic E-state index is 0.127. The van der Waals surface area contributed by atoms with Crippen LogP contribution < -0.4 is 0 Å². The molecular formula is C43H47NO14. The second kappa shape index (κ2) is 15.2. The van der Waals surface area contributed by atoms with Gasteiger partial charge < -0.3 is 47.4 Å². The van der Waals surface area contributed by atoms with E-state index in [-0.39, 0.29) is 28.9 Å². The number of imide groups is 1. The zero-order valence-corrected chi connectivity index (χ0v) is 33.2. The van der Waals surface area contributed by atoms with E-state index in [2.05, 4.69) is 0 Å². The summed E-state index contributed by atoms with van der Waals surface area (Å²) in [7, 11) is 1.34. The molecule has 0 aliphatic carbocycles. The van der Waals surface area contributed by atoms with E-state index in [1.54, 1.807) is 114 Å². The van der Waals surface area contributed by atoms with Crippen molar-refractivity contribution in [2.24, 2.45) is 0 Å². The van der Waals surface area contributed by atoms with E-state index < -0.39 is 102 Å². The molecule has 0 bridgehead atoms. The fourth-order valence-electron chi connectivity index (χ4n) is 8.44. The molecule has 5 aliphatic rings. The average molecular weight is 802 g/mol. The number of nitrogens with zero attached hydrogens (tertiary/aromatic N) is 1. The van der Waals surface area contributed by atoms with Crippen LogP contribution in [0.5, 0.6) is 0 Å². The van der Waals surface area contributed by atoms with Crippen LogP contribution in [0.2, 0.25) is 0 Å². The van der Waals surface area contributed by atoms with Crippen LogP contribution in [-0.2, 0) is 47.4 Å². The van der Waals surface area contributed by atoms with Gasteiger partial charge in [0, 0.05) is 7.11 Å². The lowest BCUT2D eigenvalue weighted by molar-refractivity contribution is -0.292. The number of fused-ring (bicyclic) bond motifs is 1. The van der Waals surface area contributed by atoms with Gasteiger partial charge in [0.15, 0.2) is 35.9 Å². The molecule has 3 aromatic rings. The predicted molar refractivity (Wildman–Crippen MR) is 200 cm³/mol. The lowest BCUT2D eigenvalue weighted by atomic mass is 9.86. The molecule has 4 fully saturated rings. The Labute approximate surface area is 335 Å². The average Bonchev–Trinajstić information content (AvgIpc) is 3.91. The molecule has 0 N–H and O–H groups in total. The number of methoxy groups -OCH3 is 1. The monoisotopic (exact) mass is 801 g/mol. The van der Waals surface area contributed by atoms with Crippen molar-refractivity contribution in [3.63, 3.8) is 0 Å². The summed E-state index contributed by atoms with van der Waals surface area (Å²) in [5, 5.41) is 0. The van der Waals surface area contributed by atoms with E-state index in [0.29, 0.717) is 0 Å². The van der Waals surface area contributed by atoms with Crippen molar-refractivity contribution in [1.29, 1.82) is 0 Å². The molecule has 4 saturated heterocycles. The summed E-state index contributed by atoms with van der Waals surface area (Å²) in [6.07, 6.45) is -10.3. The number of benzene rings is 3. The lowest BCUT2D eigenvalue weighted by Gasteiger charge is -2.49. The highest BCUT2D eigenvalue weighted by atomic mass is 16.8. The van der Waals surface area contributed by atoms with Crippen LogP contribution >= 0.6 is 0 Å². The van der Waals surface area contributed by atoms with Gasteiger partial charge in [-0.25, -0.2) is 9.59 Å². The second-order valence-electron chi connectivity index (χ2n) is 16.2. The molecule has 8 rings (SSSR count). The van der Waals surface area contributed by atoms with E-state index >= 15 is 0 Å². The van der Waals surface area contributed by atoms with Crippen LogP contribution in [-0.4, -0.2) is 121 Å². The number of carbonyl (C=O) groups is 4. The van der Waals surface area contributed by atoms with E-state index in [9.17, 15) is 19.2 Å². The van der Waals surface area contributed by atoms with Gasteiger partial charge in [0.2, 0.25) is 0 Å². The molecule has 308 valence electrons. The molecule has 5 heterocycles. The third-order valence-electron chi connectivity index (χ3n) is 10.8. The van der Waals surface area contributed by atoms with Crippen molar-refractivity contribution in [3.8, 4) is 0 Å². The van der Waals surface area contributed by atoms with Crippen molar-refractivity contribution in [1.82, 2.24) is 4.90 Å². The zero-order chi connectivity index (χ0) is 41.1. The Bertz CT molecular complexity index is 2000. The van der Waals surface area contributed by atoms with Gasteiger partial charge in [0.25, 0.3) is 11.8 Å². The number of ether oxygens (including phenoxy) is 10. The Morgan fingerprint density at radius 2 is 1.03 bits per heavy atom. The molecule has 2 amide bonds. The van der Waals surface area contributed by atoms with Crippen LogP contribution in [0.25, 0.3) is 0 Å². The maximum atomic E-state index is 14.5. The van der Waals surface area contributed by atoms with Crippen molar-refractivity contribution in [2.45, 2.75) is 120 Å². The van der Waals surface area contributed by atoms with Crippen LogP contribution in [0, 0.1) is 0 Å². The topological polar surface area (TPSA) is 164 Å². The first-order valence-electron chi connectivity index (χ1n) is 19.3. The lowest BCUT2D eigenvalue weighted by Crippen LogP contribution is -2.70. The van der Waals surface area contributed by atoms with E-state index in [4.69, 9.17) is 47.4 Å². The van der Waals surface area contributed by atoms with Gasteiger partial charge in [0.05, 0.1) is 28.9 Å². The van der Waals surface area contributed by atoms with Crippen LogP contribution in [0.3, 0.4) is 0 Å². The molecule has 58 heavy (non-hydrogen) atoms. The van der Waals surface area contributed by atoms with Crippen molar-refractivity contribution < 1.29 is 66.5 Å². The van der Waals surface area contributed by atoms with E-state index in [0.717, 1.165) is 4.90 Å². The molecule has 15 heteroatoms. The Morgan fingerprint density at radius 3 is 1.52 bits per heavy atom. The molecule has 0 spiro atoms. The molecule has 0 unspecified atom stereocenters. The van der Waals surface area contributed by atoms with Gasteiger partial charge in [-0.1, -0.05) is 48.5 Å². The van der Waals surface area contributed by atoms with Crippen molar-refractivity contribution in [2.75, 3.05) is 13.7 Å². The minimum Gasteiger partial charge on any atom is -0.452 e. The second-order valence-corrected chi connectivity index (χ2v) is 16.2. The molecule has 0 radical (unpaired) electrons. The van der Waals surface area contributed by atoms with Gasteiger partial charge >= 0.3 is 11.9 Å². The SMILES string of the molecule is CO[C@@H]1O[C@H]([C@H]2OC(C)(C)O[C@H]2[C@H]2OC(C)(C)O[C@@H]2[C@H]2COC(C)(C)O2)[C@@H](N2C(=O)c3ccccc3C2=O)[C@H](OC(=O)c2ccccc2)[C@H]1OC(=O)c1ccccc1. The first-order valence-corrected chi connectivity index (χ1v) is 19.3. The summed E-state index contributed by atoms with van der Waals surface area (Å²) < 4.78 is 63.6. The first-order chi connectivity index (χ1) is 27.6. The van der Waals surface area contributed by atoms with Crippen LogP contribution in [0.1, 0.15) is 83.0 Å². The number of esters is 2. The van der Waals surface area contributed by atoms with E-state index in [1.807, 2.05) is 0 Å². The number of hydrogen-bond acceptors (Lipinski definition) is 14. The molecular weight excluding hydrogens is 754 g/mol. The number of carbonyl (C=O) groups excluding carboxylic acids is 4. The summed E-state index contributed by atoms with van der Waals surface area (Å²) in [4.78, 5) is 58.0. The first kappa shape index (κ1) is 40.2. The summed E-state index contributed by atoms with van der Waals surface area (Å²) >= 11 is 0. The van der Waals surface area contributed by atoms with Crippen LogP contribution in [0.4, 0.5) is 0 Å². The maximum Gasteiger partial charge on any atom is 0.338 e. The highest BCUT2D eigenvalue weighted by Crippen LogP contribution is 2.46. The van der Waals surface area contributed by atoms with Crippen molar-refractivity contribution in [3.05, 3.63) is 107 Å². The Morgan fingerprint density at radius 1 is 0.586 bits per heavy atom.